The summed E-state index contributed by atoms with van der Waals surface area (Å²) >= 11 is 6.30. The number of nitrogens with one attached hydrogen (secondary N) is 1. The minimum absolute atomic E-state index is 0.0589. The van der Waals surface area contributed by atoms with Crippen molar-refractivity contribution in [3.05, 3.63) is 52.7 Å². The summed E-state index contributed by atoms with van der Waals surface area (Å²) in [4.78, 5) is 26.3. The van der Waals surface area contributed by atoms with E-state index in [0.717, 1.165) is 10.5 Å². The number of imidazole rings is 1. The first-order valence-corrected chi connectivity index (χ1v) is 9.89. The molecular formula is C20H19ClF3N5O2. The van der Waals surface area contributed by atoms with Gasteiger partial charge in [0.2, 0.25) is 5.95 Å². The number of aromatic nitrogens is 3. The van der Waals surface area contributed by atoms with Crippen molar-refractivity contribution in [1.82, 2.24) is 24.8 Å². The van der Waals surface area contributed by atoms with Gasteiger partial charge >= 0.3 is 6.03 Å². The molecular weight excluding hydrogens is 435 g/mol. The molecule has 2 aromatic heterocycles. The Kier molecular flexibility index (Phi) is 5.90. The van der Waals surface area contributed by atoms with E-state index in [4.69, 9.17) is 16.3 Å². The van der Waals surface area contributed by atoms with E-state index >= 15 is 0 Å². The number of alkyl halides is 2. The Morgan fingerprint density at radius 3 is 2.81 bits per heavy atom. The van der Waals surface area contributed by atoms with Crippen LogP contribution in [0.2, 0.25) is 5.02 Å². The topological polar surface area (TPSA) is 74.3 Å². The van der Waals surface area contributed by atoms with Crippen molar-refractivity contribution in [3.63, 3.8) is 0 Å². The highest BCUT2D eigenvalue weighted by Gasteiger charge is 2.39. The van der Waals surface area contributed by atoms with Gasteiger partial charge in [0.1, 0.15) is 11.6 Å². The first-order valence-electron chi connectivity index (χ1n) is 9.51. The molecule has 1 saturated heterocycles. The first-order chi connectivity index (χ1) is 14.8. The fourth-order valence-electron chi connectivity index (χ4n) is 3.70. The fourth-order valence-corrected chi connectivity index (χ4v) is 3.95. The molecule has 0 saturated carbocycles. The van der Waals surface area contributed by atoms with Gasteiger partial charge in [-0.1, -0.05) is 17.7 Å². The van der Waals surface area contributed by atoms with E-state index < -0.39 is 31.0 Å². The maximum Gasteiger partial charge on any atom is 0.321 e. The minimum Gasteiger partial charge on any atom is -0.497 e. The van der Waals surface area contributed by atoms with Crippen molar-refractivity contribution in [2.45, 2.75) is 25.4 Å². The number of amides is 2. The minimum atomic E-state index is -2.67. The lowest BCUT2D eigenvalue weighted by molar-refractivity contribution is 0.0928. The van der Waals surface area contributed by atoms with Crippen molar-refractivity contribution in [1.29, 1.82) is 0 Å². The van der Waals surface area contributed by atoms with Crippen molar-refractivity contribution in [2.75, 3.05) is 20.2 Å². The molecule has 0 radical (unpaired) electrons. The normalized spacial score (nSPS) is 16.7. The van der Waals surface area contributed by atoms with E-state index in [1.807, 2.05) is 0 Å². The van der Waals surface area contributed by atoms with Gasteiger partial charge in [-0.05, 0) is 36.2 Å². The Balaban J connectivity index is 1.54. The number of benzene rings is 1. The van der Waals surface area contributed by atoms with E-state index in [1.165, 1.54) is 24.1 Å². The predicted molar refractivity (Wildman–Crippen MR) is 108 cm³/mol. The van der Waals surface area contributed by atoms with Crippen LogP contribution in [0.3, 0.4) is 0 Å². The van der Waals surface area contributed by atoms with E-state index in [9.17, 15) is 18.0 Å². The molecule has 0 bridgehead atoms. The standard InChI is InChI=1S/C20H19ClF3N5O2/c1-31-13-3-2-11(14(21)7-13)6-12-8-28(20(30)29(12)9-16(22)23)10-18-25-15-4-5-17(24)26-19(15)27-18/h2-5,7,12,16H,6,8-10H2,1H3,(H,25,26,27). The third kappa shape index (κ3) is 4.53. The summed E-state index contributed by atoms with van der Waals surface area (Å²) in [5.41, 5.74) is 1.44. The zero-order valence-corrected chi connectivity index (χ0v) is 17.2. The van der Waals surface area contributed by atoms with Crippen molar-refractivity contribution >= 4 is 28.8 Å². The van der Waals surface area contributed by atoms with Crippen LogP contribution in [0.25, 0.3) is 11.2 Å². The Hall–Kier alpha value is -3.01. The molecule has 3 aromatic rings. The number of H-pyrrole nitrogens is 1. The van der Waals surface area contributed by atoms with E-state index in [1.54, 1.807) is 18.2 Å². The van der Waals surface area contributed by atoms with Gasteiger partial charge in [-0.25, -0.2) is 18.6 Å². The van der Waals surface area contributed by atoms with Crippen LogP contribution in [0.15, 0.2) is 30.3 Å². The van der Waals surface area contributed by atoms with Crippen molar-refractivity contribution in [3.8, 4) is 5.75 Å². The molecule has 7 nitrogen and oxygen atoms in total. The molecule has 11 heteroatoms. The second-order valence-electron chi connectivity index (χ2n) is 7.21. The molecule has 31 heavy (non-hydrogen) atoms. The Bertz CT molecular complexity index is 1110. The lowest BCUT2D eigenvalue weighted by atomic mass is 10.1. The summed E-state index contributed by atoms with van der Waals surface area (Å²) in [5.74, 6) is 0.307. The highest BCUT2D eigenvalue weighted by molar-refractivity contribution is 6.31. The second-order valence-corrected chi connectivity index (χ2v) is 7.62. The molecule has 1 aliphatic heterocycles. The van der Waals surface area contributed by atoms with Crippen LogP contribution < -0.4 is 4.74 Å². The molecule has 1 aromatic carbocycles. The molecule has 2 amide bonds. The Labute approximate surface area is 180 Å². The van der Waals surface area contributed by atoms with Gasteiger partial charge in [0.15, 0.2) is 5.65 Å². The number of methoxy groups -OCH3 is 1. The number of hydrogen-bond donors (Lipinski definition) is 1. The van der Waals surface area contributed by atoms with Gasteiger partial charge in [0.05, 0.1) is 31.8 Å². The molecule has 1 aliphatic rings. The zero-order chi connectivity index (χ0) is 22.1. The number of ether oxygens (including phenoxy) is 1. The summed E-state index contributed by atoms with van der Waals surface area (Å²) in [6.45, 7) is -0.406. The predicted octanol–water partition coefficient (Wildman–Crippen LogP) is 3.87. The molecule has 0 spiro atoms. The molecule has 1 fully saturated rings. The molecule has 164 valence electrons. The third-order valence-electron chi connectivity index (χ3n) is 5.14. The van der Waals surface area contributed by atoms with Gasteiger partial charge in [-0.15, -0.1) is 0 Å². The number of carbonyl (C=O) groups is 1. The monoisotopic (exact) mass is 453 g/mol. The maximum atomic E-state index is 13.3. The summed E-state index contributed by atoms with van der Waals surface area (Å²) in [5, 5.41) is 0.438. The number of urea groups is 1. The number of aromatic amines is 1. The Morgan fingerprint density at radius 2 is 2.10 bits per heavy atom. The average molecular weight is 454 g/mol. The highest BCUT2D eigenvalue weighted by Crippen LogP contribution is 2.28. The summed E-state index contributed by atoms with van der Waals surface area (Å²) in [6.07, 6.45) is -2.36. The smallest absolute Gasteiger partial charge is 0.321 e. The summed E-state index contributed by atoms with van der Waals surface area (Å²) in [7, 11) is 1.52. The number of hydrogen-bond acceptors (Lipinski definition) is 4. The first kappa shape index (κ1) is 21.2. The largest absolute Gasteiger partial charge is 0.497 e. The SMILES string of the molecule is COc1ccc(CC2CN(Cc3nc4nc(F)ccc4[nH]3)C(=O)N2CC(F)F)c(Cl)c1. The van der Waals surface area contributed by atoms with Crippen LogP contribution in [0.4, 0.5) is 18.0 Å². The van der Waals surface area contributed by atoms with Gasteiger partial charge in [0, 0.05) is 11.6 Å². The molecule has 1 unspecified atom stereocenters. The van der Waals surface area contributed by atoms with Crippen LogP contribution in [-0.2, 0) is 13.0 Å². The van der Waals surface area contributed by atoms with E-state index in [0.29, 0.717) is 28.5 Å². The quantitative estimate of drug-likeness (QED) is 0.551. The average Bonchev–Trinajstić information content (AvgIpc) is 3.24. The number of carbonyl (C=O) groups excluding carboxylic acids is 1. The van der Waals surface area contributed by atoms with Crippen LogP contribution in [-0.4, -0.2) is 63.4 Å². The maximum absolute atomic E-state index is 13.3. The van der Waals surface area contributed by atoms with Crippen LogP contribution >= 0.6 is 11.6 Å². The number of rotatable bonds is 7. The van der Waals surface area contributed by atoms with E-state index in [2.05, 4.69) is 15.0 Å². The van der Waals surface area contributed by atoms with Gasteiger partial charge in [0.25, 0.3) is 6.43 Å². The number of pyridine rings is 1. The lowest BCUT2D eigenvalue weighted by Gasteiger charge is -2.23. The second kappa shape index (κ2) is 8.62. The highest BCUT2D eigenvalue weighted by atomic mass is 35.5. The van der Waals surface area contributed by atoms with Crippen LogP contribution in [0, 0.1) is 5.95 Å². The number of fused-ring (bicyclic) bond motifs is 1. The van der Waals surface area contributed by atoms with Crippen LogP contribution in [0.1, 0.15) is 11.4 Å². The fraction of sp³-hybridized carbons (Fsp3) is 0.350. The van der Waals surface area contributed by atoms with Gasteiger partial charge in [-0.3, -0.25) is 0 Å². The van der Waals surface area contributed by atoms with Crippen LogP contribution in [0.5, 0.6) is 5.75 Å². The molecule has 4 rings (SSSR count). The van der Waals surface area contributed by atoms with Gasteiger partial charge in [-0.2, -0.15) is 9.37 Å². The third-order valence-corrected chi connectivity index (χ3v) is 5.49. The molecule has 3 heterocycles. The van der Waals surface area contributed by atoms with Crippen molar-refractivity contribution in [2.24, 2.45) is 0 Å². The Morgan fingerprint density at radius 1 is 1.29 bits per heavy atom. The number of halogens is 4. The molecule has 1 atom stereocenters. The van der Waals surface area contributed by atoms with E-state index in [-0.39, 0.29) is 18.7 Å². The lowest BCUT2D eigenvalue weighted by Crippen LogP contribution is -2.39. The molecule has 0 aliphatic carbocycles. The number of nitrogens with zero attached hydrogens (tertiary/aromatic N) is 4. The van der Waals surface area contributed by atoms with Crippen molar-refractivity contribution < 1.29 is 22.7 Å². The van der Waals surface area contributed by atoms with Gasteiger partial charge < -0.3 is 19.5 Å². The molecule has 1 N–H and O–H groups in total. The summed E-state index contributed by atoms with van der Waals surface area (Å²) < 4.78 is 44.8. The summed E-state index contributed by atoms with van der Waals surface area (Å²) in [6, 6.07) is 6.81. The zero-order valence-electron chi connectivity index (χ0n) is 16.5.